The van der Waals surface area contributed by atoms with Crippen LogP contribution in [0.1, 0.15) is 62.6 Å². The molecule has 1 fully saturated rings. The van der Waals surface area contributed by atoms with Gasteiger partial charge in [0.1, 0.15) is 5.82 Å². The number of hydrogen-bond acceptors (Lipinski definition) is 2. The van der Waals surface area contributed by atoms with E-state index in [1.165, 1.54) is 38.5 Å². The van der Waals surface area contributed by atoms with Crippen LogP contribution in [-0.4, -0.2) is 13.1 Å². The standard InChI is InChI=1S/C17H27FN2/c1-12-10-17(15(13(2)19)11-16(12)18)20(3)14-8-6-4-5-7-9-14/h10-11,13-14H,4-9,19H2,1-3H3. The van der Waals surface area contributed by atoms with Gasteiger partial charge in [-0.3, -0.25) is 0 Å². The summed E-state index contributed by atoms with van der Waals surface area (Å²) in [5.41, 5.74) is 8.76. The molecular weight excluding hydrogens is 251 g/mol. The minimum absolute atomic E-state index is 0.145. The highest BCUT2D eigenvalue weighted by Gasteiger charge is 2.21. The maximum Gasteiger partial charge on any atom is 0.126 e. The molecule has 1 aliphatic carbocycles. The van der Waals surface area contributed by atoms with E-state index in [9.17, 15) is 4.39 Å². The van der Waals surface area contributed by atoms with Crippen LogP contribution in [0.4, 0.5) is 10.1 Å². The molecule has 1 aromatic carbocycles. The normalized spacial score (nSPS) is 18.6. The number of nitrogens with zero attached hydrogens (tertiary/aromatic N) is 1. The van der Waals surface area contributed by atoms with Gasteiger partial charge in [-0.1, -0.05) is 25.7 Å². The van der Waals surface area contributed by atoms with Crippen molar-refractivity contribution in [3.05, 3.63) is 29.1 Å². The van der Waals surface area contributed by atoms with Crippen LogP contribution in [-0.2, 0) is 0 Å². The molecule has 112 valence electrons. The van der Waals surface area contributed by atoms with E-state index in [0.717, 1.165) is 11.3 Å². The highest BCUT2D eigenvalue weighted by Crippen LogP contribution is 2.32. The van der Waals surface area contributed by atoms with Crippen molar-refractivity contribution < 1.29 is 4.39 Å². The van der Waals surface area contributed by atoms with Crippen LogP contribution in [0.2, 0.25) is 0 Å². The summed E-state index contributed by atoms with van der Waals surface area (Å²) >= 11 is 0. The molecular formula is C17H27FN2. The molecule has 1 atom stereocenters. The molecule has 2 rings (SSSR count). The van der Waals surface area contributed by atoms with E-state index in [2.05, 4.69) is 11.9 Å². The van der Waals surface area contributed by atoms with E-state index in [4.69, 9.17) is 5.73 Å². The SMILES string of the molecule is Cc1cc(N(C)C2CCCCCC2)c(C(C)N)cc1F. The average molecular weight is 278 g/mol. The van der Waals surface area contributed by atoms with Crippen molar-refractivity contribution in [3.63, 3.8) is 0 Å². The zero-order chi connectivity index (χ0) is 14.7. The molecule has 0 spiro atoms. The molecule has 2 nitrogen and oxygen atoms in total. The zero-order valence-corrected chi connectivity index (χ0v) is 13.0. The Balaban J connectivity index is 2.31. The number of nitrogens with two attached hydrogens (primary N) is 1. The van der Waals surface area contributed by atoms with Crippen LogP contribution < -0.4 is 10.6 Å². The lowest BCUT2D eigenvalue weighted by Crippen LogP contribution is -2.32. The van der Waals surface area contributed by atoms with Crippen LogP contribution in [0.15, 0.2) is 12.1 Å². The summed E-state index contributed by atoms with van der Waals surface area (Å²) in [5.74, 6) is -0.157. The van der Waals surface area contributed by atoms with Gasteiger partial charge in [-0.2, -0.15) is 0 Å². The fraction of sp³-hybridized carbons (Fsp3) is 0.647. The van der Waals surface area contributed by atoms with Crippen LogP contribution in [0.25, 0.3) is 0 Å². The average Bonchev–Trinajstić information content (AvgIpc) is 2.69. The quantitative estimate of drug-likeness (QED) is 0.835. The van der Waals surface area contributed by atoms with E-state index >= 15 is 0 Å². The minimum Gasteiger partial charge on any atom is -0.371 e. The lowest BCUT2D eigenvalue weighted by atomic mass is 10.00. The molecule has 0 aromatic heterocycles. The molecule has 1 aromatic rings. The largest absolute Gasteiger partial charge is 0.371 e. The molecule has 2 N–H and O–H groups in total. The number of anilines is 1. The van der Waals surface area contributed by atoms with Gasteiger partial charge in [-0.05, 0) is 49.9 Å². The fourth-order valence-electron chi connectivity index (χ4n) is 3.19. The van der Waals surface area contributed by atoms with Crippen molar-refractivity contribution in [3.8, 4) is 0 Å². The molecule has 0 saturated heterocycles. The van der Waals surface area contributed by atoms with Crippen molar-refractivity contribution in [1.82, 2.24) is 0 Å². The first-order valence-electron chi connectivity index (χ1n) is 7.79. The van der Waals surface area contributed by atoms with E-state index in [-0.39, 0.29) is 11.9 Å². The van der Waals surface area contributed by atoms with Gasteiger partial charge >= 0.3 is 0 Å². The Hall–Kier alpha value is -1.09. The number of benzene rings is 1. The molecule has 0 heterocycles. The Morgan fingerprint density at radius 2 is 1.80 bits per heavy atom. The lowest BCUT2D eigenvalue weighted by Gasteiger charge is -2.32. The number of hydrogen-bond donors (Lipinski definition) is 1. The van der Waals surface area contributed by atoms with Crippen molar-refractivity contribution in [1.29, 1.82) is 0 Å². The highest BCUT2D eigenvalue weighted by atomic mass is 19.1. The van der Waals surface area contributed by atoms with E-state index in [1.807, 2.05) is 19.9 Å². The molecule has 1 unspecified atom stereocenters. The van der Waals surface area contributed by atoms with Crippen molar-refractivity contribution in [2.24, 2.45) is 5.73 Å². The maximum absolute atomic E-state index is 13.8. The van der Waals surface area contributed by atoms with Gasteiger partial charge in [-0.15, -0.1) is 0 Å². The lowest BCUT2D eigenvalue weighted by molar-refractivity contribution is 0.548. The summed E-state index contributed by atoms with van der Waals surface area (Å²) in [7, 11) is 2.13. The summed E-state index contributed by atoms with van der Waals surface area (Å²) < 4.78 is 13.8. The van der Waals surface area contributed by atoms with Gasteiger partial charge in [0.05, 0.1) is 0 Å². The number of aryl methyl sites for hydroxylation is 1. The predicted molar refractivity (Wildman–Crippen MR) is 83.6 cm³/mol. The molecule has 0 bridgehead atoms. The minimum atomic E-state index is -0.157. The maximum atomic E-state index is 13.8. The molecule has 0 radical (unpaired) electrons. The Labute approximate surface area is 122 Å². The second-order valence-electron chi connectivity index (χ2n) is 6.21. The number of rotatable bonds is 3. The predicted octanol–water partition coefficient (Wildman–Crippen LogP) is 4.31. The first-order valence-corrected chi connectivity index (χ1v) is 7.79. The first-order chi connectivity index (χ1) is 9.50. The molecule has 20 heavy (non-hydrogen) atoms. The number of halogens is 1. The Morgan fingerprint density at radius 1 is 1.20 bits per heavy atom. The second kappa shape index (κ2) is 6.57. The summed E-state index contributed by atoms with van der Waals surface area (Å²) in [6, 6.07) is 3.98. The smallest absolute Gasteiger partial charge is 0.126 e. The summed E-state index contributed by atoms with van der Waals surface area (Å²) in [6.07, 6.45) is 7.72. The molecule has 0 aliphatic heterocycles. The zero-order valence-electron chi connectivity index (χ0n) is 13.0. The monoisotopic (exact) mass is 278 g/mol. The summed E-state index contributed by atoms with van der Waals surface area (Å²) in [6.45, 7) is 3.75. The fourth-order valence-corrected chi connectivity index (χ4v) is 3.19. The van der Waals surface area contributed by atoms with Crippen LogP contribution in [0.5, 0.6) is 0 Å². The van der Waals surface area contributed by atoms with Gasteiger partial charge in [0, 0.05) is 24.8 Å². The van der Waals surface area contributed by atoms with Gasteiger partial charge in [-0.25, -0.2) is 4.39 Å². The van der Waals surface area contributed by atoms with Gasteiger partial charge in [0.25, 0.3) is 0 Å². The molecule has 0 amide bonds. The van der Waals surface area contributed by atoms with Crippen molar-refractivity contribution in [2.45, 2.75) is 64.5 Å². The Kier molecular flexibility index (Phi) is 5.03. The van der Waals surface area contributed by atoms with Gasteiger partial charge in [0.15, 0.2) is 0 Å². The van der Waals surface area contributed by atoms with Gasteiger partial charge in [0.2, 0.25) is 0 Å². The summed E-state index contributed by atoms with van der Waals surface area (Å²) in [4.78, 5) is 2.33. The van der Waals surface area contributed by atoms with E-state index in [0.29, 0.717) is 11.6 Å². The molecule has 3 heteroatoms. The molecule has 1 aliphatic rings. The molecule has 1 saturated carbocycles. The van der Waals surface area contributed by atoms with Crippen molar-refractivity contribution >= 4 is 5.69 Å². The van der Waals surface area contributed by atoms with Gasteiger partial charge < -0.3 is 10.6 Å². The topological polar surface area (TPSA) is 29.3 Å². The van der Waals surface area contributed by atoms with E-state index in [1.54, 1.807) is 6.07 Å². The Bertz CT molecular complexity index is 449. The van der Waals surface area contributed by atoms with Crippen LogP contribution in [0, 0.1) is 12.7 Å². The third-order valence-electron chi connectivity index (χ3n) is 4.55. The van der Waals surface area contributed by atoms with Crippen molar-refractivity contribution in [2.75, 3.05) is 11.9 Å². The first kappa shape index (κ1) is 15.3. The third-order valence-corrected chi connectivity index (χ3v) is 4.55. The second-order valence-corrected chi connectivity index (χ2v) is 6.21. The Morgan fingerprint density at radius 3 is 2.35 bits per heavy atom. The highest BCUT2D eigenvalue weighted by molar-refractivity contribution is 5.57. The van der Waals surface area contributed by atoms with Crippen LogP contribution >= 0.6 is 0 Å². The third kappa shape index (κ3) is 3.32. The van der Waals surface area contributed by atoms with E-state index < -0.39 is 0 Å². The summed E-state index contributed by atoms with van der Waals surface area (Å²) in [5, 5.41) is 0. The van der Waals surface area contributed by atoms with Crippen LogP contribution in [0.3, 0.4) is 0 Å².